The van der Waals surface area contributed by atoms with Gasteiger partial charge in [0.15, 0.2) is 0 Å². The van der Waals surface area contributed by atoms with Gasteiger partial charge in [-0.15, -0.1) is 0 Å². The Kier molecular flexibility index (Phi) is 2.61. The highest BCUT2D eigenvalue weighted by atomic mass is 16.5. The van der Waals surface area contributed by atoms with Gasteiger partial charge in [0, 0.05) is 12.0 Å². The van der Waals surface area contributed by atoms with Crippen molar-refractivity contribution in [1.29, 1.82) is 0 Å². The molecule has 0 aromatic carbocycles. The Morgan fingerprint density at radius 1 is 1.07 bits per heavy atom. The molecule has 0 aromatic rings. The third-order valence-corrected chi connectivity index (χ3v) is 3.72. The van der Waals surface area contributed by atoms with E-state index >= 15 is 0 Å². The van der Waals surface area contributed by atoms with E-state index in [0.29, 0.717) is 10.8 Å². The standard InChI is InChI=1S/C12H23NO/c1-11(2)4-6-13(7-5-11)8-12(3)9-14-10-12/h4-10H2,1-3H3. The topological polar surface area (TPSA) is 12.5 Å². The van der Waals surface area contributed by atoms with Crippen LogP contribution in [0.3, 0.4) is 0 Å². The second-order valence-corrected chi connectivity index (χ2v) is 6.24. The molecule has 2 fully saturated rings. The number of hydrogen-bond acceptors (Lipinski definition) is 2. The van der Waals surface area contributed by atoms with Crippen LogP contribution in [0.4, 0.5) is 0 Å². The summed E-state index contributed by atoms with van der Waals surface area (Å²) in [5.74, 6) is 0. The minimum atomic E-state index is 0.460. The van der Waals surface area contributed by atoms with Crippen molar-refractivity contribution in [3.8, 4) is 0 Å². The van der Waals surface area contributed by atoms with Crippen molar-refractivity contribution >= 4 is 0 Å². The summed E-state index contributed by atoms with van der Waals surface area (Å²) in [6.45, 7) is 12.8. The van der Waals surface area contributed by atoms with Gasteiger partial charge in [-0.25, -0.2) is 0 Å². The third-order valence-electron chi connectivity index (χ3n) is 3.72. The Labute approximate surface area is 87.6 Å². The number of ether oxygens (including phenoxy) is 1. The average molecular weight is 197 g/mol. The zero-order valence-corrected chi connectivity index (χ0v) is 9.81. The van der Waals surface area contributed by atoms with Crippen LogP contribution >= 0.6 is 0 Å². The summed E-state index contributed by atoms with van der Waals surface area (Å²) in [4.78, 5) is 2.62. The molecule has 0 bridgehead atoms. The Morgan fingerprint density at radius 3 is 2.07 bits per heavy atom. The highest BCUT2D eigenvalue weighted by Gasteiger charge is 2.36. The van der Waals surface area contributed by atoms with E-state index in [9.17, 15) is 0 Å². The number of rotatable bonds is 2. The Morgan fingerprint density at radius 2 is 1.64 bits per heavy atom. The van der Waals surface area contributed by atoms with E-state index in [1.54, 1.807) is 0 Å². The molecule has 0 N–H and O–H groups in total. The monoisotopic (exact) mass is 197 g/mol. The molecule has 2 aliphatic heterocycles. The molecular weight excluding hydrogens is 174 g/mol. The summed E-state index contributed by atoms with van der Waals surface area (Å²) in [6, 6.07) is 0. The number of likely N-dealkylation sites (tertiary alicyclic amines) is 1. The van der Waals surface area contributed by atoms with E-state index in [-0.39, 0.29) is 0 Å². The first-order valence-electron chi connectivity index (χ1n) is 5.79. The molecule has 2 rings (SSSR count). The molecular formula is C12H23NO. The van der Waals surface area contributed by atoms with Gasteiger partial charge in [0.05, 0.1) is 13.2 Å². The van der Waals surface area contributed by atoms with Crippen molar-refractivity contribution in [1.82, 2.24) is 4.90 Å². The zero-order valence-electron chi connectivity index (χ0n) is 9.81. The molecule has 82 valence electrons. The maximum absolute atomic E-state index is 5.29. The Hall–Kier alpha value is -0.0800. The number of nitrogens with zero attached hydrogens (tertiary/aromatic N) is 1. The van der Waals surface area contributed by atoms with Crippen LogP contribution in [0.5, 0.6) is 0 Å². The van der Waals surface area contributed by atoms with Gasteiger partial charge in [-0.2, -0.15) is 0 Å². The lowest BCUT2D eigenvalue weighted by atomic mass is 9.81. The van der Waals surface area contributed by atoms with Gasteiger partial charge in [0.1, 0.15) is 0 Å². The molecule has 0 spiro atoms. The van der Waals surface area contributed by atoms with Crippen molar-refractivity contribution in [2.24, 2.45) is 10.8 Å². The lowest BCUT2D eigenvalue weighted by molar-refractivity contribution is -0.118. The van der Waals surface area contributed by atoms with E-state index in [4.69, 9.17) is 4.74 Å². The lowest BCUT2D eigenvalue weighted by Crippen LogP contribution is -2.51. The summed E-state index contributed by atoms with van der Waals surface area (Å²) >= 11 is 0. The van der Waals surface area contributed by atoms with Gasteiger partial charge < -0.3 is 9.64 Å². The van der Waals surface area contributed by atoms with Crippen LogP contribution in [0.15, 0.2) is 0 Å². The predicted molar refractivity (Wildman–Crippen MR) is 58.4 cm³/mol. The fraction of sp³-hybridized carbons (Fsp3) is 1.00. The molecule has 2 saturated heterocycles. The fourth-order valence-electron chi connectivity index (χ4n) is 2.40. The largest absolute Gasteiger partial charge is 0.380 e. The first-order chi connectivity index (χ1) is 6.49. The molecule has 0 aromatic heterocycles. The highest BCUT2D eigenvalue weighted by molar-refractivity contribution is 4.87. The van der Waals surface area contributed by atoms with Gasteiger partial charge in [0.25, 0.3) is 0 Å². The predicted octanol–water partition coefficient (Wildman–Crippen LogP) is 2.14. The first kappa shape index (κ1) is 10.4. The Bertz CT molecular complexity index is 198. The molecule has 0 atom stereocenters. The third kappa shape index (κ3) is 2.29. The van der Waals surface area contributed by atoms with E-state index < -0.39 is 0 Å². The van der Waals surface area contributed by atoms with Crippen LogP contribution in [0.2, 0.25) is 0 Å². The summed E-state index contributed by atoms with van der Waals surface area (Å²) in [5, 5.41) is 0. The first-order valence-corrected chi connectivity index (χ1v) is 5.79. The van der Waals surface area contributed by atoms with Crippen LogP contribution < -0.4 is 0 Å². The molecule has 0 amide bonds. The molecule has 14 heavy (non-hydrogen) atoms. The summed E-state index contributed by atoms with van der Waals surface area (Å²) in [5.41, 5.74) is 1.04. The quantitative estimate of drug-likeness (QED) is 0.672. The Balaban J connectivity index is 1.78. The van der Waals surface area contributed by atoms with Gasteiger partial charge in [-0.1, -0.05) is 20.8 Å². The number of hydrogen-bond donors (Lipinski definition) is 0. The van der Waals surface area contributed by atoms with Crippen molar-refractivity contribution in [2.75, 3.05) is 32.8 Å². The SMILES string of the molecule is CC1(C)CCN(CC2(C)COC2)CC1. The van der Waals surface area contributed by atoms with Crippen molar-refractivity contribution in [3.05, 3.63) is 0 Å². The van der Waals surface area contributed by atoms with Gasteiger partial charge in [-0.3, -0.25) is 0 Å². The lowest BCUT2D eigenvalue weighted by Gasteiger charge is -2.45. The normalized spacial score (nSPS) is 31.1. The summed E-state index contributed by atoms with van der Waals surface area (Å²) < 4.78 is 5.29. The van der Waals surface area contributed by atoms with Crippen LogP contribution in [-0.4, -0.2) is 37.7 Å². The maximum Gasteiger partial charge on any atom is 0.0554 e. The van der Waals surface area contributed by atoms with Crippen molar-refractivity contribution < 1.29 is 4.74 Å². The average Bonchev–Trinajstić information content (AvgIpc) is 2.06. The smallest absolute Gasteiger partial charge is 0.0554 e. The van der Waals surface area contributed by atoms with Crippen molar-refractivity contribution in [3.63, 3.8) is 0 Å². The second-order valence-electron chi connectivity index (χ2n) is 6.24. The molecule has 2 aliphatic rings. The van der Waals surface area contributed by atoms with Gasteiger partial charge in [0.2, 0.25) is 0 Å². The van der Waals surface area contributed by atoms with Gasteiger partial charge in [-0.05, 0) is 31.3 Å². The maximum atomic E-state index is 5.29. The molecule has 0 unspecified atom stereocenters. The van der Waals surface area contributed by atoms with E-state index in [1.165, 1.54) is 32.5 Å². The van der Waals surface area contributed by atoms with Crippen molar-refractivity contribution in [2.45, 2.75) is 33.6 Å². The fourth-order valence-corrected chi connectivity index (χ4v) is 2.40. The minimum absolute atomic E-state index is 0.460. The number of piperidine rings is 1. The van der Waals surface area contributed by atoms with Crippen LogP contribution in [0, 0.1) is 10.8 Å². The molecule has 0 aliphatic carbocycles. The highest BCUT2D eigenvalue weighted by Crippen LogP contribution is 2.33. The minimum Gasteiger partial charge on any atom is -0.380 e. The van der Waals surface area contributed by atoms with Crippen LogP contribution in [0.25, 0.3) is 0 Å². The molecule has 2 heterocycles. The zero-order chi connectivity index (χ0) is 10.2. The molecule has 2 nitrogen and oxygen atoms in total. The van der Waals surface area contributed by atoms with Crippen LogP contribution in [-0.2, 0) is 4.74 Å². The van der Waals surface area contributed by atoms with E-state index in [1.807, 2.05) is 0 Å². The van der Waals surface area contributed by atoms with E-state index in [2.05, 4.69) is 25.7 Å². The van der Waals surface area contributed by atoms with E-state index in [0.717, 1.165) is 13.2 Å². The second kappa shape index (κ2) is 3.49. The molecule has 2 heteroatoms. The van der Waals surface area contributed by atoms with Crippen LogP contribution in [0.1, 0.15) is 33.6 Å². The molecule has 0 radical (unpaired) electrons. The molecule has 0 saturated carbocycles. The summed E-state index contributed by atoms with van der Waals surface area (Å²) in [7, 11) is 0. The van der Waals surface area contributed by atoms with Gasteiger partial charge >= 0.3 is 0 Å². The summed E-state index contributed by atoms with van der Waals surface area (Å²) in [6.07, 6.45) is 2.70.